The Hall–Kier alpha value is -1.23. The second kappa shape index (κ2) is 3.02. The molecule has 1 aliphatic heterocycles. The molecule has 66 valence electrons. The number of oxazole rings is 1. The first kappa shape index (κ1) is 7.42. The fourth-order valence-corrected chi connectivity index (χ4v) is 1.18. The number of aromatic nitrogens is 1. The lowest BCUT2D eigenvalue weighted by molar-refractivity contribution is 0.120. The Bertz CT molecular complexity index is 255. The third-order valence-corrected chi connectivity index (χ3v) is 1.79. The van der Waals surface area contributed by atoms with Gasteiger partial charge in [0.15, 0.2) is 5.82 Å². The summed E-state index contributed by atoms with van der Waals surface area (Å²) in [7, 11) is 0. The maximum atomic E-state index is 5.42. The number of hydrogen-bond acceptors (Lipinski definition) is 5. The highest BCUT2D eigenvalue weighted by atomic mass is 16.5. The molecule has 1 fully saturated rings. The summed E-state index contributed by atoms with van der Waals surface area (Å²) < 4.78 is 10.3. The van der Waals surface area contributed by atoms with Crippen LogP contribution in [-0.4, -0.2) is 31.3 Å². The molecule has 0 atom stereocenters. The Morgan fingerprint density at radius 1 is 1.42 bits per heavy atom. The maximum Gasteiger partial charge on any atom is 0.299 e. The minimum absolute atomic E-state index is 0.427. The molecule has 0 aromatic carbocycles. The summed E-state index contributed by atoms with van der Waals surface area (Å²) >= 11 is 0. The second-order valence-corrected chi connectivity index (χ2v) is 2.65. The van der Waals surface area contributed by atoms with Gasteiger partial charge in [-0.05, 0) is 0 Å². The van der Waals surface area contributed by atoms with Gasteiger partial charge in [-0.1, -0.05) is 0 Å². The van der Waals surface area contributed by atoms with Crippen molar-refractivity contribution in [1.29, 1.82) is 0 Å². The van der Waals surface area contributed by atoms with Crippen molar-refractivity contribution in [2.45, 2.75) is 0 Å². The first-order valence-corrected chi connectivity index (χ1v) is 3.90. The van der Waals surface area contributed by atoms with Gasteiger partial charge in [0.2, 0.25) is 0 Å². The topological polar surface area (TPSA) is 64.5 Å². The van der Waals surface area contributed by atoms with E-state index in [4.69, 9.17) is 14.9 Å². The van der Waals surface area contributed by atoms with Gasteiger partial charge in [0.25, 0.3) is 6.01 Å². The lowest BCUT2D eigenvalue weighted by Gasteiger charge is -2.24. The number of anilines is 2. The molecule has 1 saturated heterocycles. The maximum absolute atomic E-state index is 5.42. The van der Waals surface area contributed by atoms with E-state index in [9.17, 15) is 0 Å². The van der Waals surface area contributed by atoms with E-state index in [-0.39, 0.29) is 0 Å². The van der Waals surface area contributed by atoms with E-state index in [1.54, 1.807) is 0 Å². The molecule has 5 nitrogen and oxygen atoms in total. The molecule has 0 radical (unpaired) electrons. The molecule has 0 unspecified atom stereocenters. The van der Waals surface area contributed by atoms with Gasteiger partial charge in [-0.15, -0.1) is 0 Å². The van der Waals surface area contributed by atoms with Crippen LogP contribution in [0.1, 0.15) is 0 Å². The van der Waals surface area contributed by atoms with Crippen LogP contribution in [0.4, 0.5) is 11.8 Å². The van der Waals surface area contributed by atoms with Gasteiger partial charge < -0.3 is 19.8 Å². The summed E-state index contributed by atoms with van der Waals surface area (Å²) in [5.41, 5.74) is 5.42. The van der Waals surface area contributed by atoms with Crippen molar-refractivity contribution in [3.05, 3.63) is 6.26 Å². The van der Waals surface area contributed by atoms with Gasteiger partial charge in [-0.2, -0.15) is 4.98 Å². The Balaban J connectivity index is 2.08. The van der Waals surface area contributed by atoms with E-state index in [1.807, 2.05) is 4.90 Å². The van der Waals surface area contributed by atoms with Gasteiger partial charge in [-0.3, -0.25) is 0 Å². The van der Waals surface area contributed by atoms with E-state index in [0.29, 0.717) is 11.8 Å². The van der Waals surface area contributed by atoms with Crippen LogP contribution in [0.25, 0.3) is 0 Å². The van der Waals surface area contributed by atoms with Gasteiger partial charge >= 0.3 is 0 Å². The van der Waals surface area contributed by atoms with E-state index < -0.39 is 0 Å². The average Bonchev–Trinajstić information content (AvgIpc) is 2.54. The molecular weight excluding hydrogens is 158 g/mol. The van der Waals surface area contributed by atoms with Crippen LogP contribution in [0.3, 0.4) is 0 Å². The zero-order chi connectivity index (χ0) is 8.39. The van der Waals surface area contributed by atoms with Gasteiger partial charge in [-0.25, -0.2) is 0 Å². The predicted molar refractivity (Wildman–Crippen MR) is 43.9 cm³/mol. The molecule has 1 aromatic rings. The highest BCUT2D eigenvalue weighted by Crippen LogP contribution is 2.15. The molecule has 12 heavy (non-hydrogen) atoms. The van der Waals surface area contributed by atoms with Crippen molar-refractivity contribution >= 4 is 11.8 Å². The SMILES string of the molecule is Nc1coc(N2CCOCC2)n1. The molecule has 1 aliphatic rings. The number of nitrogen functional groups attached to an aromatic ring is 1. The molecule has 2 N–H and O–H groups in total. The smallest absolute Gasteiger partial charge is 0.299 e. The number of morpholine rings is 1. The summed E-state index contributed by atoms with van der Waals surface area (Å²) in [6.07, 6.45) is 1.45. The quantitative estimate of drug-likeness (QED) is 0.645. The van der Waals surface area contributed by atoms with Crippen LogP contribution in [0, 0.1) is 0 Å². The second-order valence-electron chi connectivity index (χ2n) is 2.65. The van der Waals surface area contributed by atoms with Crippen LogP contribution in [0.5, 0.6) is 0 Å². The van der Waals surface area contributed by atoms with Crippen LogP contribution >= 0.6 is 0 Å². The van der Waals surface area contributed by atoms with Crippen LogP contribution in [0.2, 0.25) is 0 Å². The minimum atomic E-state index is 0.427. The number of nitrogens with two attached hydrogens (primary N) is 1. The molecular formula is C7H11N3O2. The molecule has 2 heterocycles. The first-order valence-electron chi connectivity index (χ1n) is 3.90. The molecule has 1 aromatic heterocycles. The molecule has 0 bridgehead atoms. The van der Waals surface area contributed by atoms with Crippen LogP contribution in [-0.2, 0) is 4.74 Å². The third kappa shape index (κ3) is 1.35. The van der Waals surface area contributed by atoms with Crippen molar-refractivity contribution in [1.82, 2.24) is 4.98 Å². The lowest BCUT2D eigenvalue weighted by Crippen LogP contribution is -2.36. The Morgan fingerprint density at radius 2 is 2.17 bits per heavy atom. The highest BCUT2D eigenvalue weighted by Gasteiger charge is 2.15. The summed E-state index contributed by atoms with van der Waals surface area (Å²) in [6.45, 7) is 3.09. The molecule has 0 spiro atoms. The first-order chi connectivity index (χ1) is 5.86. The monoisotopic (exact) mass is 169 g/mol. The molecule has 5 heteroatoms. The molecule has 0 aliphatic carbocycles. The number of hydrogen-bond donors (Lipinski definition) is 1. The van der Waals surface area contributed by atoms with Crippen molar-refractivity contribution in [2.24, 2.45) is 0 Å². The average molecular weight is 169 g/mol. The minimum Gasteiger partial charge on any atom is -0.430 e. The number of rotatable bonds is 1. The van der Waals surface area contributed by atoms with Crippen LogP contribution in [0.15, 0.2) is 10.7 Å². The van der Waals surface area contributed by atoms with E-state index >= 15 is 0 Å². The summed E-state index contributed by atoms with van der Waals surface area (Å²) in [4.78, 5) is 6.03. The summed E-state index contributed by atoms with van der Waals surface area (Å²) in [5.74, 6) is 0.427. The van der Waals surface area contributed by atoms with Gasteiger partial charge in [0.1, 0.15) is 6.26 Å². The van der Waals surface area contributed by atoms with Crippen molar-refractivity contribution in [3.8, 4) is 0 Å². The van der Waals surface area contributed by atoms with Crippen LogP contribution < -0.4 is 10.6 Å². The fraction of sp³-hybridized carbons (Fsp3) is 0.571. The predicted octanol–water partition coefficient (Wildman–Crippen LogP) is 0.0934. The molecule has 2 rings (SSSR count). The third-order valence-electron chi connectivity index (χ3n) is 1.79. The molecule has 0 amide bonds. The lowest BCUT2D eigenvalue weighted by atomic mass is 10.4. The largest absolute Gasteiger partial charge is 0.430 e. The van der Waals surface area contributed by atoms with Gasteiger partial charge in [0.05, 0.1) is 13.2 Å². The Morgan fingerprint density at radius 3 is 2.75 bits per heavy atom. The standard InChI is InChI=1S/C7H11N3O2/c8-6-5-12-7(9-6)10-1-3-11-4-2-10/h5H,1-4,8H2. The fourth-order valence-electron chi connectivity index (χ4n) is 1.18. The Kier molecular flexibility index (Phi) is 1.87. The summed E-state index contributed by atoms with van der Waals surface area (Å²) in [5, 5.41) is 0. The number of ether oxygens (including phenoxy) is 1. The molecule has 0 saturated carbocycles. The van der Waals surface area contributed by atoms with Gasteiger partial charge in [0, 0.05) is 13.1 Å². The number of nitrogens with zero attached hydrogens (tertiary/aromatic N) is 2. The van der Waals surface area contributed by atoms with E-state index in [2.05, 4.69) is 4.98 Å². The highest BCUT2D eigenvalue weighted by molar-refractivity contribution is 5.35. The normalized spacial score (nSPS) is 18.2. The van der Waals surface area contributed by atoms with Crippen molar-refractivity contribution in [3.63, 3.8) is 0 Å². The summed E-state index contributed by atoms with van der Waals surface area (Å²) in [6, 6.07) is 0.593. The zero-order valence-corrected chi connectivity index (χ0v) is 6.69. The van der Waals surface area contributed by atoms with E-state index in [0.717, 1.165) is 26.3 Å². The van der Waals surface area contributed by atoms with Crippen molar-refractivity contribution in [2.75, 3.05) is 36.9 Å². The Labute approximate surface area is 70.1 Å². The van der Waals surface area contributed by atoms with Crippen molar-refractivity contribution < 1.29 is 9.15 Å². The van der Waals surface area contributed by atoms with E-state index in [1.165, 1.54) is 6.26 Å². The zero-order valence-electron chi connectivity index (χ0n) is 6.69.